The highest BCUT2D eigenvalue weighted by Gasteiger charge is 2.33. The minimum absolute atomic E-state index is 0.436. The van der Waals surface area contributed by atoms with Gasteiger partial charge in [0.2, 0.25) is 0 Å². The second kappa shape index (κ2) is 5.87. The summed E-state index contributed by atoms with van der Waals surface area (Å²) in [6.45, 7) is 10.4. The number of likely N-dealkylation sites (tertiary alicyclic amines) is 1. The van der Waals surface area contributed by atoms with Gasteiger partial charge in [0, 0.05) is 31.0 Å². The summed E-state index contributed by atoms with van der Waals surface area (Å²) in [5, 5.41) is 0. The van der Waals surface area contributed by atoms with E-state index < -0.39 is 0 Å². The topological polar surface area (TPSA) is 38.2 Å². The SMILES string of the molecule is COc1ncc(CN2CCCC(C)(C(C)C)C2)cn1. The van der Waals surface area contributed by atoms with Crippen molar-refractivity contribution in [3.63, 3.8) is 0 Å². The van der Waals surface area contributed by atoms with E-state index in [9.17, 15) is 0 Å². The van der Waals surface area contributed by atoms with Crippen molar-refractivity contribution in [3.05, 3.63) is 18.0 Å². The molecule has 1 aliphatic rings. The molecule has 1 fully saturated rings. The molecule has 106 valence electrons. The van der Waals surface area contributed by atoms with Gasteiger partial charge in [0.25, 0.3) is 0 Å². The second-order valence-electron chi connectivity index (χ2n) is 6.20. The summed E-state index contributed by atoms with van der Waals surface area (Å²) >= 11 is 0. The molecule has 1 aromatic heterocycles. The number of hydrogen-bond donors (Lipinski definition) is 0. The van der Waals surface area contributed by atoms with Gasteiger partial charge in [-0.3, -0.25) is 4.90 Å². The van der Waals surface area contributed by atoms with Crippen LogP contribution in [0.3, 0.4) is 0 Å². The standard InChI is InChI=1S/C15H25N3O/c1-12(2)15(3)6-5-7-18(11-15)10-13-8-16-14(19-4)17-9-13/h8-9,12H,5-7,10-11H2,1-4H3. The summed E-state index contributed by atoms with van der Waals surface area (Å²) in [6, 6.07) is 0.439. The van der Waals surface area contributed by atoms with E-state index in [1.165, 1.54) is 19.4 Å². The van der Waals surface area contributed by atoms with Crippen molar-refractivity contribution in [1.82, 2.24) is 14.9 Å². The van der Waals surface area contributed by atoms with E-state index in [1.807, 2.05) is 12.4 Å². The van der Waals surface area contributed by atoms with Gasteiger partial charge in [-0.2, -0.15) is 0 Å². The third-order valence-electron chi connectivity index (χ3n) is 4.47. The lowest BCUT2D eigenvalue weighted by Gasteiger charge is -2.43. The first-order valence-corrected chi connectivity index (χ1v) is 7.11. The lowest BCUT2D eigenvalue weighted by atomic mass is 9.73. The minimum Gasteiger partial charge on any atom is -0.467 e. The van der Waals surface area contributed by atoms with E-state index in [0.717, 1.165) is 24.6 Å². The van der Waals surface area contributed by atoms with Crippen LogP contribution < -0.4 is 4.74 Å². The summed E-state index contributed by atoms with van der Waals surface area (Å²) in [5.74, 6) is 0.724. The van der Waals surface area contributed by atoms with Gasteiger partial charge in [-0.25, -0.2) is 9.97 Å². The monoisotopic (exact) mass is 263 g/mol. The van der Waals surface area contributed by atoms with Crippen molar-refractivity contribution in [2.24, 2.45) is 11.3 Å². The molecule has 0 saturated carbocycles. The largest absolute Gasteiger partial charge is 0.467 e. The molecule has 0 aliphatic carbocycles. The zero-order valence-corrected chi connectivity index (χ0v) is 12.5. The Morgan fingerprint density at radius 1 is 1.37 bits per heavy atom. The molecule has 0 radical (unpaired) electrons. The summed E-state index contributed by atoms with van der Waals surface area (Å²) in [4.78, 5) is 10.9. The van der Waals surface area contributed by atoms with E-state index in [0.29, 0.717) is 11.4 Å². The second-order valence-corrected chi connectivity index (χ2v) is 6.20. The average Bonchev–Trinajstić information content (AvgIpc) is 2.39. The maximum Gasteiger partial charge on any atom is 0.316 e. The fourth-order valence-electron chi connectivity index (χ4n) is 2.77. The Kier molecular flexibility index (Phi) is 4.40. The van der Waals surface area contributed by atoms with Crippen molar-refractivity contribution in [3.8, 4) is 6.01 Å². The van der Waals surface area contributed by atoms with Crippen molar-refractivity contribution < 1.29 is 4.74 Å². The highest BCUT2D eigenvalue weighted by Crippen LogP contribution is 2.36. The molecule has 1 aromatic rings. The number of hydrogen-bond acceptors (Lipinski definition) is 4. The van der Waals surface area contributed by atoms with Crippen LogP contribution in [-0.4, -0.2) is 35.1 Å². The number of piperidine rings is 1. The molecule has 0 amide bonds. The summed E-state index contributed by atoms with van der Waals surface area (Å²) in [5.41, 5.74) is 1.60. The van der Waals surface area contributed by atoms with Crippen molar-refractivity contribution in [2.45, 2.75) is 40.2 Å². The molecule has 4 nitrogen and oxygen atoms in total. The first-order valence-electron chi connectivity index (χ1n) is 7.11. The van der Waals surface area contributed by atoms with Crippen LogP contribution in [0.15, 0.2) is 12.4 Å². The molecule has 2 rings (SSSR count). The van der Waals surface area contributed by atoms with Gasteiger partial charge in [-0.1, -0.05) is 20.8 Å². The maximum absolute atomic E-state index is 4.99. The highest BCUT2D eigenvalue weighted by molar-refractivity contribution is 5.07. The number of ether oxygens (including phenoxy) is 1. The van der Waals surface area contributed by atoms with Gasteiger partial charge in [0.15, 0.2) is 0 Å². The predicted octanol–water partition coefficient (Wildman–Crippen LogP) is 2.74. The lowest BCUT2D eigenvalue weighted by Crippen LogP contribution is -2.43. The third-order valence-corrected chi connectivity index (χ3v) is 4.47. The van der Waals surface area contributed by atoms with Crippen molar-refractivity contribution in [2.75, 3.05) is 20.2 Å². The van der Waals surface area contributed by atoms with E-state index in [4.69, 9.17) is 4.74 Å². The molecular weight excluding hydrogens is 238 g/mol. The van der Waals surface area contributed by atoms with E-state index >= 15 is 0 Å². The van der Waals surface area contributed by atoms with Crippen LogP contribution in [0.4, 0.5) is 0 Å². The number of methoxy groups -OCH3 is 1. The zero-order chi connectivity index (χ0) is 13.9. The number of nitrogens with zero attached hydrogens (tertiary/aromatic N) is 3. The van der Waals surface area contributed by atoms with Crippen LogP contribution >= 0.6 is 0 Å². The molecular formula is C15H25N3O. The summed E-state index contributed by atoms with van der Waals surface area (Å²) in [7, 11) is 1.59. The zero-order valence-electron chi connectivity index (χ0n) is 12.5. The molecule has 4 heteroatoms. The Balaban J connectivity index is 1.98. The van der Waals surface area contributed by atoms with Crippen molar-refractivity contribution >= 4 is 0 Å². The van der Waals surface area contributed by atoms with Gasteiger partial charge < -0.3 is 4.74 Å². The van der Waals surface area contributed by atoms with Crippen LogP contribution in [0.1, 0.15) is 39.2 Å². The van der Waals surface area contributed by atoms with Crippen LogP contribution in [0.2, 0.25) is 0 Å². The Labute approximate surface area is 116 Å². The van der Waals surface area contributed by atoms with Crippen LogP contribution in [0.25, 0.3) is 0 Å². The van der Waals surface area contributed by atoms with Crippen LogP contribution in [0, 0.1) is 11.3 Å². The first kappa shape index (κ1) is 14.3. The molecule has 1 saturated heterocycles. The van der Waals surface area contributed by atoms with E-state index in [1.54, 1.807) is 7.11 Å². The molecule has 0 aromatic carbocycles. The Hall–Kier alpha value is -1.16. The molecule has 0 N–H and O–H groups in total. The van der Waals surface area contributed by atoms with Gasteiger partial charge in [0.1, 0.15) is 0 Å². The molecule has 1 aliphatic heterocycles. The predicted molar refractivity (Wildman–Crippen MR) is 76.0 cm³/mol. The fourth-order valence-corrected chi connectivity index (χ4v) is 2.77. The quantitative estimate of drug-likeness (QED) is 0.837. The maximum atomic E-state index is 4.99. The Morgan fingerprint density at radius 3 is 2.63 bits per heavy atom. The highest BCUT2D eigenvalue weighted by atomic mass is 16.5. The van der Waals surface area contributed by atoms with E-state index in [2.05, 4.69) is 35.6 Å². The van der Waals surface area contributed by atoms with Gasteiger partial charge >= 0.3 is 6.01 Å². The Morgan fingerprint density at radius 2 is 2.05 bits per heavy atom. The normalized spacial score (nSPS) is 24.7. The molecule has 1 atom stereocenters. The fraction of sp³-hybridized carbons (Fsp3) is 0.733. The van der Waals surface area contributed by atoms with Crippen LogP contribution in [0.5, 0.6) is 6.01 Å². The number of aromatic nitrogens is 2. The summed E-state index contributed by atoms with van der Waals surface area (Å²) < 4.78 is 4.99. The third kappa shape index (κ3) is 3.44. The van der Waals surface area contributed by atoms with E-state index in [-0.39, 0.29) is 0 Å². The summed E-state index contributed by atoms with van der Waals surface area (Å²) in [6.07, 6.45) is 6.35. The van der Waals surface area contributed by atoms with Gasteiger partial charge in [-0.15, -0.1) is 0 Å². The minimum atomic E-state index is 0.436. The van der Waals surface area contributed by atoms with Crippen LogP contribution in [-0.2, 0) is 6.54 Å². The molecule has 19 heavy (non-hydrogen) atoms. The average molecular weight is 263 g/mol. The van der Waals surface area contributed by atoms with Gasteiger partial charge in [0.05, 0.1) is 7.11 Å². The lowest BCUT2D eigenvalue weighted by molar-refractivity contribution is 0.0587. The van der Waals surface area contributed by atoms with Crippen molar-refractivity contribution in [1.29, 1.82) is 0 Å². The molecule has 0 bridgehead atoms. The molecule has 1 unspecified atom stereocenters. The van der Waals surface area contributed by atoms with Gasteiger partial charge in [-0.05, 0) is 30.7 Å². The number of rotatable bonds is 4. The molecule has 2 heterocycles. The first-order chi connectivity index (χ1) is 9.03. The smallest absolute Gasteiger partial charge is 0.316 e. The molecule has 0 spiro atoms. The Bertz CT molecular complexity index is 404.